The molecular formula is C16H22N2OS. The van der Waals surface area contributed by atoms with Gasteiger partial charge in [0.25, 0.3) is 5.91 Å². The van der Waals surface area contributed by atoms with E-state index in [1.54, 1.807) is 12.1 Å². The predicted octanol–water partition coefficient (Wildman–Crippen LogP) is 2.97. The second-order valence-corrected chi connectivity index (χ2v) is 6.07. The molecule has 1 fully saturated rings. The summed E-state index contributed by atoms with van der Waals surface area (Å²) in [6, 6.07) is 7.22. The second-order valence-electron chi connectivity index (χ2n) is 5.63. The van der Waals surface area contributed by atoms with Gasteiger partial charge in [-0.05, 0) is 30.9 Å². The zero-order valence-corrected chi connectivity index (χ0v) is 12.8. The Balaban J connectivity index is 1.96. The Kier molecular flexibility index (Phi) is 5.12. The second kappa shape index (κ2) is 6.84. The fourth-order valence-corrected chi connectivity index (χ4v) is 2.97. The van der Waals surface area contributed by atoms with Crippen LogP contribution in [0.25, 0.3) is 0 Å². The third-order valence-electron chi connectivity index (χ3n) is 4.02. The number of carbonyl (C=O) groups is 1. The minimum Gasteiger partial charge on any atom is -0.389 e. The summed E-state index contributed by atoms with van der Waals surface area (Å²) < 4.78 is 0. The fraction of sp³-hybridized carbons (Fsp3) is 0.500. The van der Waals surface area contributed by atoms with E-state index in [0.29, 0.717) is 16.5 Å². The van der Waals surface area contributed by atoms with Crippen LogP contribution in [0, 0.1) is 5.92 Å². The van der Waals surface area contributed by atoms with Crippen LogP contribution in [0.5, 0.6) is 0 Å². The molecule has 0 spiro atoms. The number of thiocarbonyl (C=S) groups is 1. The van der Waals surface area contributed by atoms with Gasteiger partial charge in [0.2, 0.25) is 0 Å². The minimum absolute atomic E-state index is 0.0741. The van der Waals surface area contributed by atoms with Crippen molar-refractivity contribution in [2.75, 3.05) is 13.6 Å². The molecule has 1 aliphatic rings. The number of benzene rings is 1. The monoisotopic (exact) mass is 290 g/mol. The Labute approximate surface area is 126 Å². The molecule has 20 heavy (non-hydrogen) atoms. The van der Waals surface area contributed by atoms with E-state index in [9.17, 15) is 4.79 Å². The summed E-state index contributed by atoms with van der Waals surface area (Å²) in [5.74, 6) is 0.735. The number of amides is 1. The van der Waals surface area contributed by atoms with Crippen LogP contribution in [0.2, 0.25) is 0 Å². The minimum atomic E-state index is 0.0741. The summed E-state index contributed by atoms with van der Waals surface area (Å²) in [6.07, 6.45) is 6.44. The summed E-state index contributed by atoms with van der Waals surface area (Å²) >= 11 is 4.91. The molecule has 2 rings (SSSR count). The number of carbonyl (C=O) groups excluding carboxylic acids is 1. The number of rotatable bonds is 4. The van der Waals surface area contributed by atoms with Crippen LogP contribution in [0.3, 0.4) is 0 Å². The number of nitrogens with zero attached hydrogens (tertiary/aromatic N) is 1. The molecule has 4 heteroatoms. The van der Waals surface area contributed by atoms with E-state index in [1.807, 2.05) is 24.1 Å². The molecule has 0 aliphatic heterocycles. The molecule has 1 aliphatic carbocycles. The highest BCUT2D eigenvalue weighted by molar-refractivity contribution is 7.80. The van der Waals surface area contributed by atoms with Crippen molar-refractivity contribution in [2.24, 2.45) is 11.7 Å². The average molecular weight is 290 g/mol. The number of hydrogen-bond donors (Lipinski definition) is 1. The lowest BCUT2D eigenvalue weighted by Gasteiger charge is -2.27. The van der Waals surface area contributed by atoms with Crippen molar-refractivity contribution < 1.29 is 4.79 Å². The largest absolute Gasteiger partial charge is 0.389 e. The molecule has 0 unspecified atom stereocenters. The quantitative estimate of drug-likeness (QED) is 0.867. The van der Waals surface area contributed by atoms with Crippen molar-refractivity contribution in [3.05, 3.63) is 35.4 Å². The summed E-state index contributed by atoms with van der Waals surface area (Å²) in [5.41, 5.74) is 7.05. The average Bonchev–Trinajstić information content (AvgIpc) is 2.47. The fourth-order valence-electron chi connectivity index (χ4n) is 2.84. The highest BCUT2D eigenvalue weighted by atomic mass is 32.1. The predicted molar refractivity (Wildman–Crippen MR) is 85.9 cm³/mol. The first-order valence-corrected chi connectivity index (χ1v) is 7.64. The van der Waals surface area contributed by atoms with Crippen molar-refractivity contribution in [2.45, 2.75) is 32.1 Å². The Morgan fingerprint density at radius 1 is 1.20 bits per heavy atom. The van der Waals surface area contributed by atoms with Crippen LogP contribution >= 0.6 is 12.2 Å². The normalized spacial score (nSPS) is 15.8. The number of nitrogens with two attached hydrogens (primary N) is 1. The molecule has 1 saturated carbocycles. The van der Waals surface area contributed by atoms with Crippen LogP contribution in [0.4, 0.5) is 0 Å². The molecule has 3 nitrogen and oxygen atoms in total. The van der Waals surface area contributed by atoms with Crippen molar-refractivity contribution >= 4 is 23.1 Å². The summed E-state index contributed by atoms with van der Waals surface area (Å²) in [6.45, 7) is 0.857. The third-order valence-corrected chi connectivity index (χ3v) is 4.26. The molecule has 0 radical (unpaired) electrons. The Morgan fingerprint density at radius 3 is 2.30 bits per heavy atom. The molecule has 0 saturated heterocycles. The van der Waals surface area contributed by atoms with Crippen LogP contribution in [-0.4, -0.2) is 29.4 Å². The van der Waals surface area contributed by atoms with E-state index in [1.165, 1.54) is 32.1 Å². The lowest BCUT2D eigenvalue weighted by molar-refractivity contribution is 0.0760. The summed E-state index contributed by atoms with van der Waals surface area (Å²) in [7, 11) is 1.89. The maximum absolute atomic E-state index is 12.4. The van der Waals surface area contributed by atoms with Gasteiger partial charge < -0.3 is 10.6 Å². The van der Waals surface area contributed by atoms with Gasteiger partial charge in [0.15, 0.2) is 0 Å². The Morgan fingerprint density at radius 2 is 1.75 bits per heavy atom. The molecular weight excluding hydrogens is 268 g/mol. The lowest BCUT2D eigenvalue weighted by atomic mass is 9.89. The van der Waals surface area contributed by atoms with E-state index in [4.69, 9.17) is 18.0 Å². The van der Waals surface area contributed by atoms with Crippen LogP contribution in [-0.2, 0) is 0 Å². The smallest absolute Gasteiger partial charge is 0.253 e. The molecule has 1 amide bonds. The van der Waals surface area contributed by atoms with Crippen LogP contribution in [0.15, 0.2) is 24.3 Å². The van der Waals surface area contributed by atoms with E-state index in [-0.39, 0.29) is 5.91 Å². The van der Waals surface area contributed by atoms with Crippen LogP contribution in [0.1, 0.15) is 48.0 Å². The SMILES string of the molecule is CN(CC1CCCCC1)C(=O)c1ccc(C(N)=S)cc1. The van der Waals surface area contributed by atoms with Gasteiger partial charge in [-0.2, -0.15) is 0 Å². The molecule has 2 N–H and O–H groups in total. The first-order chi connectivity index (χ1) is 9.58. The highest BCUT2D eigenvalue weighted by Gasteiger charge is 2.19. The molecule has 0 aromatic heterocycles. The molecule has 0 heterocycles. The standard InChI is InChI=1S/C16H22N2OS/c1-18(11-12-5-3-2-4-6-12)16(19)14-9-7-13(8-10-14)15(17)20/h7-10,12H,2-6,11H2,1H3,(H2,17,20). The topological polar surface area (TPSA) is 46.3 Å². The van der Waals surface area contributed by atoms with Gasteiger partial charge in [-0.15, -0.1) is 0 Å². The van der Waals surface area contributed by atoms with Crippen molar-refractivity contribution in [3.8, 4) is 0 Å². The molecule has 108 valence electrons. The maximum Gasteiger partial charge on any atom is 0.253 e. The van der Waals surface area contributed by atoms with Crippen molar-refractivity contribution in [1.29, 1.82) is 0 Å². The highest BCUT2D eigenvalue weighted by Crippen LogP contribution is 2.24. The Bertz CT molecular complexity index is 478. The van der Waals surface area contributed by atoms with Gasteiger partial charge in [0.1, 0.15) is 4.99 Å². The molecule has 1 aromatic carbocycles. The number of hydrogen-bond acceptors (Lipinski definition) is 2. The maximum atomic E-state index is 12.4. The van der Waals surface area contributed by atoms with E-state index >= 15 is 0 Å². The molecule has 1 aromatic rings. The van der Waals surface area contributed by atoms with Crippen LogP contribution < -0.4 is 5.73 Å². The van der Waals surface area contributed by atoms with E-state index < -0.39 is 0 Å². The molecule has 0 bridgehead atoms. The van der Waals surface area contributed by atoms with Crippen molar-refractivity contribution in [3.63, 3.8) is 0 Å². The first-order valence-electron chi connectivity index (χ1n) is 7.23. The van der Waals surface area contributed by atoms with Gasteiger partial charge in [0.05, 0.1) is 0 Å². The molecule has 0 atom stereocenters. The summed E-state index contributed by atoms with van der Waals surface area (Å²) in [4.78, 5) is 14.6. The van der Waals surface area contributed by atoms with Gasteiger partial charge in [-0.25, -0.2) is 0 Å². The van der Waals surface area contributed by atoms with Gasteiger partial charge >= 0.3 is 0 Å². The van der Waals surface area contributed by atoms with Gasteiger partial charge in [-0.1, -0.05) is 43.6 Å². The third kappa shape index (κ3) is 3.79. The van der Waals surface area contributed by atoms with Crippen molar-refractivity contribution in [1.82, 2.24) is 4.90 Å². The van der Waals surface area contributed by atoms with Gasteiger partial charge in [0, 0.05) is 24.7 Å². The zero-order valence-electron chi connectivity index (χ0n) is 12.0. The summed E-state index contributed by atoms with van der Waals surface area (Å²) in [5, 5.41) is 0. The first kappa shape index (κ1) is 15.0. The zero-order chi connectivity index (χ0) is 14.5. The lowest BCUT2D eigenvalue weighted by Crippen LogP contribution is -2.32. The van der Waals surface area contributed by atoms with E-state index in [0.717, 1.165) is 12.1 Å². The van der Waals surface area contributed by atoms with Gasteiger partial charge in [-0.3, -0.25) is 4.79 Å². The Hall–Kier alpha value is -1.42. The van der Waals surface area contributed by atoms with E-state index in [2.05, 4.69) is 0 Å².